The van der Waals surface area contributed by atoms with Gasteiger partial charge in [0.15, 0.2) is 0 Å². The van der Waals surface area contributed by atoms with Crippen molar-refractivity contribution in [3.8, 4) is 0 Å². The number of hydrogen-bond donors (Lipinski definition) is 1. The Morgan fingerprint density at radius 2 is 1.88 bits per heavy atom. The van der Waals surface area contributed by atoms with Crippen molar-refractivity contribution >= 4 is 35.7 Å². The van der Waals surface area contributed by atoms with Crippen LogP contribution >= 0.6 is 0 Å². The molecule has 1 fully saturated rings. The van der Waals surface area contributed by atoms with E-state index in [-0.39, 0.29) is 42.3 Å². The van der Waals surface area contributed by atoms with E-state index in [1.807, 2.05) is 20.8 Å². The number of likely N-dealkylation sites (tertiary alicyclic amines) is 1. The summed E-state index contributed by atoms with van der Waals surface area (Å²) in [6.07, 6.45) is 1.50. The van der Waals surface area contributed by atoms with E-state index in [0.717, 1.165) is 12.8 Å². The molecule has 0 spiro atoms. The number of rotatable bonds is 1. The molecule has 16 heavy (non-hydrogen) atoms. The Hall–Kier alpha value is 0.230. The zero-order valence-electron chi connectivity index (χ0n) is 10.8. The fourth-order valence-electron chi connectivity index (χ4n) is 1.62. The molecule has 1 radical (unpaired) electrons. The van der Waals surface area contributed by atoms with Gasteiger partial charge in [0, 0.05) is 49.3 Å². The first-order chi connectivity index (χ1) is 6.92. The fourth-order valence-corrected chi connectivity index (χ4v) is 1.62. The van der Waals surface area contributed by atoms with E-state index >= 15 is 0 Å². The molecule has 5 heteroatoms. The largest absolute Gasteiger partial charge is 0.444 e. The molecule has 4 nitrogen and oxygen atoms in total. The van der Waals surface area contributed by atoms with E-state index in [2.05, 4.69) is 0 Å². The molecule has 1 amide bonds. The Bertz CT molecular complexity index is 220. The third kappa shape index (κ3) is 5.53. The Morgan fingerprint density at radius 3 is 2.25 bits per heavy atom. The van der Waals surface area contributed by atoms with Gasteiger partial charge in [-0.3, -0.25) is 0 Å². The van der Waals surface area contributed by atoms with E-state index in [0.29, 0.717) is 19.0 Å². The summed E-state index contributed by atoms with van der Waals surface area (Å²) in [5, 5.41) is 8.97. The molecule has 1 N–H and O–H groups in total. The summed E-state index contributed by atoms with van der Waals surface area (Å²) in [4.78, 5) is 13.4. The van der Waals surface area contributed by atoms with E-state index in [1.54, 1.807) is 4.90 Å². The molecule has 0 unspecified atom stereocenters. The Morgan fingerprint density at radius 1 is 1.38 bits per heavy atom. The maximum absolute atomic E-state index is 11.6. The van der Waals surface area contributed by atoms with Gasteiger partial charge in [0.1, 0.15) is 5.60 Å². The minimum absolute atomic E-state index is 0. The molecular weight excluding hydrogens is 217 g/mol. The molecule has 0 aromatic rings. The van der Waals surface area contributed by atoms with Crippen LogP contribution in [-0.2, 0) is 4.74 Å². The standard InChI is InChI=1S/C11H21NO3.Na/c1-11(2,3)15-10(14)12-6-4-9(8-13)5-7-12;/h9,13H,4-8H2,1-3H3;. The van der Waals surface area contributed by atoms with Gasteiger partial charge in [-0.2, -0.15) is 0 Å². The Kier molecular flexibility index (Phi) is 6.94. The minimum atomic E-state index is -0.426. The fraction of sp³-hybridized carbons (Fsp3) is 0.909. The molecule has 1 aliphatic heterocycles. The number of aliphatic hydroxyl groups excluding tert-OH is 1. The molecule has 1 rings (SSSR count). The van der Waals surface area contributed by atoms with Gasteiger partial charge < -0.3 is 14.7 Å². The molecule has 0 atom stereocenters. The molecule has 0 aromatic carbocycles. The van der Waals surface area contributed by atoms with Crippen molar-refractivity contribution in [2.75, 3.05) is 19.7 Å². The van der Waals surface area contributed by atoms with Crippen LogP contribution in [0.3, 0.4) is 0 Å². The number of carbonyl (C=O) groups is 1. The number of amides is 1. The molecule has 0 aliphatic carbocycles. The van der Waals surface area contributed by atoms with Crippen LogP contribution in [0.2, 0.25) is 0 Å². The third-order valence-corrected chi connectivity index (χ3v) is 2.52. The van der Waals surface area contributed by atoms with E-state index in [4.69, 9.17) is 9.84 Å². The third-order valence-electron chi connectivity index (χ3n) is 2.52. The van der Waals surface area contributed by atoms with Gasteiger partial charge in [-0.05, 0) is 39.5 Å². The van der Waals surface area contributed by atoms with Crippen LogP contribution in [0.1, 0.15) is 33.6 Å². The maximum Gasteiger partial charge on any atom is 0.410 e. The monoisotopic (exact) mass is 238 g/mol. The van der Waals surface area contributed by atoms with E-state index in [1.165, 1.54) is 0 Å². The number of aliphatic hydroxyl groups is 1. The van der Waals surface area contributed by atoms with Crippen LogP contribution in [0.4, 0.5) is 4.79 Å². The van der Waals surface area contributed by atoms with Crippen molar-refractivity contribution < 1.29 is 14.6 Å². The van der Waals surface area contributed by atoms with Crippen LogP contribution in [0, 0.1) is 5.92 Å². The van der Waals surface area contributed by atoms with Crippen molar-refractivity contribution in [3.63, 3.8) is 0 Å². The first-order valence-electron chi connectivity index (χ1n) is 5.51. The van der Waals surface area contributed by atoms with Gasteiger partial charge >= 0.3 is 6.09 Å². The van der Waals surface area contributed by atoms with Gasteiger partial charge in [0.05, 0.1) is 0 Å². The summed E-state index contributed by atoms with van der Waals surface area (Å²) < 4.78 is 5.27. The van der Waals surface area contributed by atoms with Crippen molar-refractivity contribution in [2.24, 2.45) is 5.92 Å². The average Bonchev–Trinajstić information content (AvgIpc) is 2.15. The number of nitrogens with zero attached hydrogens (tertiary/aromatic N) is 1. The summed E-state index contributed by atoms with van der Waals surface area (Å²) in [5.41, 5.74) is -0.426. The Balaban J connectivity index is 0.00000225. The van der Waals surface area contributed by atoms with Gasteiger partial charge in [0.25, 0.3) is 0 Å². The molecule has 89 valence electrons. The van der Waals surface area contributed by atoms with Crippen LogP contribution in [0.15, 0.2) is 0 Å². The van der Waals surface area contributed by atoms with Crippen molar-refractivity contribution in [1.82, 2.24) is 4.90 Å². The first-order valence-corrected chi connectivity index (χ1v) is 5.51. The van der Waals surface area contributed by atoms with Crippen LogP contribution in [0.5, 0.6) is 0 Å². The zero-order valence-corrected chi connectivity index (χ0v) is 12.8. The summed E-state index contributed by atoms with van der Waals surface area (Å²) in [7, 11) is 0. The number of piperidine rings is 1. The van der Waals surface area contributed by atoms with Gasteiger partial charge in [0.2, 0.25) is 0 Å². The van der Waals surface area contributed by atoms with E-state index < -0.39 is 5.60 Å². The molecule has 1 aliphatic rings. The second-order valence-corrected chi connectivity index (χ2v) is 5.09. The molecule has 1 saturated heterocycles. The zero-order chi connectivity index (χ0) is 11.5. The second kappa shape index (κ2) is 6.84. The van der Waals surface area contributed by atoms with E-state index in [9.17, 15) is 4.79 Å². The van der Waals surface area contributed by atoms with Crippen molar-refractivity contribution in [2.45, 2.75) is 39.2 Å². The van der Waals surface area contributed by atoms with Crippen LogP contribution in [-0.4, -0.2) is 71.0 Å². The first kappa shape index (κ1) is 16.2. The topological polar surface area (TPSA) is 49.8 Å². The molecular formula is C11H21NNaO3. The number of hydrogen-bond acceptors (Lipinski definition) is 3. The predicted molar refractivity (Wildman–Crippen MR) is 63.4 cm³/mol. The summed E-state index contributed by atoms with van der Waals surface area (Å²) >= 11 is 0. The van der Waals surface area contributed by atoms with Crippen LogP contribution < -0.4 is 0 Å². The summed E-state index contributed by atoms with van der Waals surface area (Å²) in [6, 6.07) is 0. The second-order valence-electron chi connectivity index (χ2n) is 5.09. The quantitative estimate of drug-likeness (QED) is 0.699. The predicted octanol–water partition coefficient (Wildman–Crippen LogP) is 1.25. The number of carbonyl (C=O) groups excluding carboxylic acids is 1. The van der Waals surface area contributed by atoms with Gasteiger partial charge in [-0.1, -0.05) is 0 Å². The smallest absolute Gasteiger partial charge is 0.410 e. The summed E-state index contributed by atoms with van der Waals surface area (Å²) in [5.74, 6) is 0.351. The van der Waals surface area contributed by atoms with Gasteiger partial charge in [-0.25, -0.2) is 4.79 Å². The maximum atomic E-state index is 11.6. The minimum Gasteiger partial charge on any atom is -0.444 e. The molecule has 0 bridgehead atoms. The summed E-state index contributed by atoms with van der Waals surface area (Å²) in [6.45, 7) is 7.21. The van der Waals surface area contributed by atoms with Crippen LogP contribution in [0.25, 0.3) is 0 Å². The van der Waals surface area contributed by atoms with Crippen molar-refractivity contribution in [1.29, 1.82) is 0 Å². The van der Waals surface area contributed by atoms with Crippen molar-refractivity contribution in [3.05, 3.63) is 0 Å². The normalized spacial score (nSPS) is 17.9. The molecule has 0 aromatic heterocycles. The Labute approximate surface area is 120 Å². The SMILES string of the molecule is CC(C)(C)OC(=O)N1CCC(CO)CC1.[Na]. The number of ether oxygens (including phenoxy) is 1. The average molecular weight is 238 g/mol. The van der Waals surface area contributed by atoms with Gasteiger partial charge in [-0.15, -0.1) is 0 Å². The molecule has 0 saturated carbocycles. The molecule has 1 heterocycles.